The minimum atomic E-state index is -4.43. The summed E-state index contributed by atoms with van der Waals surface area (Å²) in [6, 6.07) is 10.9. The number of aromatic carboxylic acids is 1. The second-order valence-corrected chi connectivity index (χ2v) is 9.68. The molecule has 1 aliphatic carbocycles. The molecule has 1 aliphatic rings. The number of hydrogen-bond acceptors (Lipinski definition) is 5. The van der Waals surface area contributed by atoms with Crippen molar-refractivity contribution >= 4 is 23.0 Å². The average Bonchev–Trinajstić information content (AvgIpc) is 3.62. The molecule has 0 bridgehead atoms. The molecule has 4 aromatic rings. The third-order valence-corrected chi connectivity index (χ3v) is 6.73. The number of carboxylic acid groups (broad SMARTS) is 1. The number of hydrogen-bond donors (Lipinski definition) is 2. The second kappa shape index (κ2) is 9.17. The Labute approximate surface area is 211 Å². The molecule has 10 heteroatoms. The first-order valence-electron chi connectivity index (χ1n) is 12.0. The summed E-state index contributed by atoms with van der Waals surface area (Å²) in [5.74, 6) is -0.300. The number of fused-ring (bicyclic) bond motifs is 1. The lowest BCUT2D eigenvalue weighted by Crippen LogP contribution is -2.20. The SMILES string of the molecule is Cc1ccc(-c2nc3nc(C(=O)O)nc(NC(C)C4CC4)c3n2Cc2ccc(C(F)(F)F)cc2)c(C)c1. The molecule has 1 unspecified atom stereocenters. The minimum absolute atomic E-state index is 0.0544. The topological polar surface area (TPSA) is 92.9 Å². The fraction of sp³-hybridized carbons (Fsp3) is 0.333. The molecule has 1 saturated carbocycles. The number of nitrogens with zero attached hydrogens (tertiary/aromatic N) is 4. The molecule has 7 nitrogen and oxygen atoms in total. The number of imidazole rings is 1. The molecule has 0 spiro atoms. The van der Waals surface area contributed by atoms with Gasteiger partial charge in [0.2, 0.25) is 5.82 Å². The molecule has 2 aromatic carbocycles. The van der Waals surface area contributed by atoms with Gasteiger partial charge in [0.1, 0.15) is 11.3 Å². The molecule has 5 rings (SSSR count). The highest BCUT2D eigenvalue weighted by Crippen LogP contribution is 2.36. The highest BCUT2D eigenvalue weighted by molar-refractivity contribution is 5.92. The Morgan fingerprint density at radius 2 is 1.81 bits per heavy atom. The van der Waals surface area contributed by atoms with Gasteiger partial charge in [0.05, 0.1) is 5.56 Å². The Morgan fingerprint density at radius 1 is 1.11 bits per heavy atom. The predicted molar refractivity (Wildman–Crippen MR) is 134 cm³/mol. The van der Waals surface area contributed by atoms with Crippen LogP contribution in [0.4, 0.5) is 19.0 Å². The van der Waals surface area contributed by atoms with E-state index < -0.39 is 17.7 Å². The van der Waals surface area contributed by atoms with E-state index in [9.17, 15) is 23.1 Å². The van der Waals surface area contributed by atoms with Crippen LogP contribution in [0.1, 0.15) is 52.6 Å². The van der Waals surface area contributed by atoms with Crippen molar-refractivity contribution in [1.82, 2.24) is 19.5 Å². The van der Waals surface area contributed by atoms with Gasteiger partial charge in [0.25, 0.3) is 0 Å². The maximum atomic E-state index is 13.1. The third kappa shape index (κ3) is 5.00. The van der Waals surface area contributed by atoms with E-state index >= 15 is 0 Å². The Bertz CT molecular complexity index is 1490. The Morgan fingerprint density at radius 3 is 2.41 bits per heavy atom. The van der Waals surface area contributed by atoms with Crippen LogP contribution in [0.2, 0.25) is 0 Å². The van der Waals surface area contributed by atoms with Gasteiger partial charge in [-0.3, -0.25) is 0 Å². The zero-order valence-corrected chi connectivity index (χ0v) is 20.6. The summed E-state index contributed by atoms with van der Waals surface area (Å²) < 4.78 is 41.2. The van der Waals surface area contributed by atoms with E-state index in [-0.39, 0.29) is 24.1 Å². The summed E-state index contributed by atoms with van der Waals surface area (Å²) in [5.41, 5.74) is 3.45. The number of carboxylic acids is 1. The second-order valence-electron chi connectivity index (χ2n) is 9.68. The number of halogens is 3. The van der Waals surface area contributed by atoms with Gasteiger partial charge in [-0.1, -0.05) is 35.9 Å². The molecule has 2 aromatic heterocycles. The van der Waals surface area contributed by atoms with Crippen molar-refractivity contribution < 1.29 is 23.1 Å². The lowest BCUT2D eigenvalue weighted by Gasteiger charge is -2.17. The van der Waals surface area contributed by atoms with Gasteiger partial charge in [-0.15, -0.1) is 0 Å². The van der Waals surface area contributed by atoms with Crippen molar-refractivity contribution in [3.05, 3.63) is 70.5 Å². The van der Waals surface area contributed by atoms with E-state index in [1.165, 1.54) is 12.1 Å². The molecule has 2 N–H and O–H groups in total. The van der Waals surface area contributed by atoms with Crippen LogP contribution in [-0.4, -0.2) is 36.6 Å². The van der Waals surface area contributed by atoms with Crippen LogP contribution in [-0.2, 0) is 12.7 Å². The smallest absolute Gasteiger partial charge is 0.416 e. The van der Waals surface area contributed by atoms with E-state index in [2.05, 4.69) is 15.3 Å². The average molecular weight is 510 g/mol. The molecule has 0 amide bonds. The zero-order valence-electron chi connectivity index (χ0n) is 20.6. The lowest BCUT2D eigenvalue weighted by molar-refractivity contribution is -0.137. The van der Waals surface area contributed by atoms with E-state index in [1.807, 2.05) is 43.5 Å². The summed E-state index contributed by atoms with van der Waals surface area (Å²) in [7, 11) is 0. The molecular formula is C27H26F3N5O2. The summed E-state index contributed by atoms with van der Waals surface area (Å²) in [6.07, 6.45) is -2.28. The van der Waals surface area contributed by atoms with Crippen molar-refractivity contribution in [3.63, 3.8) is 0 Å². The quantitative estimate of drug-likeness (QED) is 0.313. The van der Waals surface area contributed by atoms with Gasteiger partial charge in [-0.05, 0) is 62.8 Å². The van der Waals surface area contributed by atoms with Crippen LogP contribution in [0.5, 0.6) is 0 Å². The van der Waals surface area contributed by atoms with Crippen LogP contribution < -0.4 is 5.32 Å². The summed E-state index contributed by atoms with van der Waals surface area (Å²) in [6.45, 7) is 6.15. The monoisotopic (exact) mass is 509 g/mol. The van der Waals surface area contributed by atoms with Crippen molar-refractivity contribution in [2.75, 3.05) is 5.32 Å². The number of carbonyl (C=O) groups is 1. The number of aromatic nitrogens is 4. The highest BCUT2D eigenvalue weighted by atomic mass is 19.4. The van der Waals surface area contributed by atoms with Gasteiger partial charge in [0.15, 0.2) is 11.5 Å². The van der Waals surface area contributed by atoms with Crippen LogP contribution in [0.3, 0.4) is 0 Å². The summed E-state index contributed by atoms with van der Waals surface area (Å²) in [5, 5.41) is 13.0. The number of nitrogens with one attached hydrogen (secondary N) is 1. The van der Waals surface area contributed by atoms with Crippen molar-refractivity contribution in [2.45, 2.75) is 52.4 Å². The van der Waals surface area contributed by atoms with Crippen LogP contribution in [0.25, 0.3) is 22.6 Å². The minimum Gasteiger partial charge on any atom is -0.475 e. The fourth-order valence-corrected chi connectivity index (χ4v) is 4.57. The van der Waals surface area contributed by atoms with E-state index in [4.69, 9.17) is 4.98 Å². The van der Waals surface area contributed by atoms with Crippen molar-refractivity contribution in [3.8, 4) is 11.4 Å². The lowest BCUT2D eigenvalue weighted by atomic mass is 10.0. The maximum absolute atomic E-state index is 13.1. The first kappa shape index (κ1) is 24.7. The number of anilines is 1. The largest absolute Gasteiger partial charge is 0.475 e. The van der Waals surface area contributed by atoms with E-state index in [0.717, 1.165) is 41.7 Å². The Balaban J connectivity index is 1.71. The first-order chi connectivity index (χ1) is 17.5. The zero-order chi connectivity index (χ0) is 26.5. The van der Waals surface area contributed by atoms with E-state index in [0.29, 0.717) is 28.6 Å². The van der Waals surface area contributed by atoms with Gasteiger partial charge in [-0.25, -0.2) is 19.7 Å². The first-order valence-corrected chi connectivity index (χ1v) is 12.0. The molecule has 0 aliphatic heterocycles. The summed E-state index contributed by atoms with van der Waals surface area (Å²) in [4.78, 5) is 25.1. The Hall–Kier alpha value is -3.95. The van der Waals surface area contributed by atoms with Crippen molar-refractivity contribution in [1.29, 1.82) is 0 Å². The van der Waals surface area contributed by atoms with Gasteiger partial charge in [0, 0.05) is 18.2 Å². The fourth-order valence-electron chi connectivity index (χ4n) is 4.57. The number of alkyl halides is 3. The third-order valence-electron chi connectivity index (χ3n) is 6.73. The number of benzene rings is 2. The maximum Gasteiger partial charge on any atom is 0.416 e. The molecule has 192 valence electrons. The van der Waals surface area contributed by atoms with Gasteiger partial charge >= 0.3 is 12.1 Å². The van der Waals surface area contributed by atoms with Crippen LogP contribution >= 0.6 is 0 Å². The van der Waals surface area contributed by atoms with E-state index in [1.54, 1.807) is 0 Å². The molecular weight excluding hydrogens is 483 g/mol. The number of rotatable bonds is 7. The van der Waals surface area contributed by atoms with Crippen LogP contribution in [0, 0.1) is 19.8 Å². The van der Waals surface area contributed by atoms with Gasteiger partial charge < -0.3 is 15.0 Å². The Kier molecular flexibility index (Phi) is 6.13. The van der Waals surface area contributed by atoms with Crippen LogP contribution in [0.15, 0.2) is 42.5 Å². The molecule has 0 saturated heterocycles. The molecule has 1 atom stereocenters. The molecule has 0 radical (unpaired) electrons. The van der Waals surface area contributed by atoms with Crippen molar-refractivity contribution in [2.24, 2.45) is 5.92 Å². The molecule has 1 fully saturated rings. The number of aryl methyl sites for hydroxylation is 2. The summed E-state index contributed by atoms with van der Waals surface area (Å²) >= 11 is 0. The normalized spacial score (nSPS) is 14.6. The molecule has 2 heterocycles. The molecule has 37 heavy (non-hydrogen) atoms. The highest BCUT2D eigenvalue weighted by Gasteiger charge is 2.31. The standard InChI is InChI=1S/C27H26F3N5O2/c1-14-4-11-20(15(2)12-14)25-34-23-21(35(25)13-17-5-9-19(10-6-17)27(28,29)30)22(31-16(3)18-7-8-18)32-24(33-23)26(36)37/h4-6,9-12,16,18H,7-8,13H2,1-3H3,(H,36,37)(H,31,32,33). The van der Waals surface area contributed by atoms with Gasteiger partial charge in [-0.2, -0.15) is 13.2 Å². The predicted octanol–water partition coefficient (Wildman–Crippen LogP) is 6.09.